The number of nitrogens with zero attached hydrogens (tertiary/aromatic N) is 2. The Balaban J connectivity index is 1.38. The lowest BCUT2D eigenvalue weighted by Crippen LogP contribution is -2.37. The van der Waals surface area contributed by atoms with E-state index < -0.39 is 5.79 Å². The number of amides is 2. The molecule has 2 atom stereocenters. The molecule has 1 saturated heterocycles. The molecule has 1 fully saturated rings. The summed E-state index contributed by atoms with van der Waals surface area (Å²) in [6.45, 7) is 7.27. The quantitative estimate of drug-likeness (QED) is 0.564. The van der Waals surface area contributed by atoms with E-state index in [9.17, 15) is 9.59 Å². The first-order valence-corrected chi connectivity index (χ1v) is 12.7. The summed E-state index contributed by atoms with van der Waals surface area (Å²) in [4.78, 5) is 32.5. The second-order valence-electron chi connectivity index (χ2n) is 9.40. The molecule has 1 aromatic carbocycles. The van der Waals surface area contributed by atoms with E-state index in [0.29, 0.717) is 32.5 Å². The predicted octanol–water partition coefficient (Wildman–Crippen LogP) is 4.58. The molecule has 0 bridgehead atoms. The molecule has 3 heterocycles. The van der Waals surface area contributed by atoms with Crippen molar-refractivity contribution in [3.63, 3.8) is 0 Å². The first-order valence-electron chi connectivity index (χ1n) is 11.9. The first-order chi connectivity index (χ1) is 16.8. The summed E-state index contributed by atoms with van der Waals surface area (Å²) < 4.78 is 16.7. The Bertz CT molecular complexity index is 1080. The van der Waals surface area contributed by atoms with Crippen LogP contribution < -0.4 is 5.32 Å². The predicted molar refractivity (Wildman–Crippen MR) is 136 cm³/mol. The zero-order valence-corrected chi connectivity index (χ0v) is 21.5. The number of anilines is 1. The third kappa shape index (κ3) is 6.28. The number of carbonyl (C=O) groups excluding carboxylic acids is 2. The third-order valence-electron chi connectivity index (χ3n) is 6.19. The van der Waals surface area contributed by atoms with Crippen molar-refractivity contribution in [3.8, 4) is 0 Å². The van der Waals surface area contributed by atoms with E-state index in [0.717, 1.165) is 26.6 Å². The summed E-state index contributed by atoms with van der Waals surface area (Å²) in [6, 6.07) is 10.0. The van der Waals surface area contributed by atoms with Crippen LogP contribution >= 0.6 is 11.3 Å². The number of hydrogen-bond acceptors (Lipinski definition) is 7. The van der Waals surface area contributed by atoms with Crippen LogP contribution in [0.2, 0.25) is 0 Å². The summed E-state index contributed by atoms with van der Waals surface area (Å²) in [7, 11) is 1.72. The molecule has 2 unspecified atom stereocenters. The second-order valence-corrected chi connectivity index (χ2v) is 10.5. The van der Waals surface area contributed by atoms with E-state index >= 15 is 0 Å². The van der Waals surface area contributed by atoms with Crippen LogP contribution in [0.1, 0.15) is 54.7 Å². The van der Waals surface area contributed by atoms with Crippen molar-refractivity contribution >= 4 is 34.6 Å². The number of benzene rings is 1. The molecule has 2 amide bonds. The summed E-state index contributed by atoms with van der Waals surface area (Å²) in [5.74, 6) is -0.576. The van der Waals surface area contributed by atoms with Crippen molar-refractivity contribution in [2.75, 3.05) is 32.1 Å². The van der Waals surface area contributed by atoms with Crippen molar-refractivity contribution in [2.24, 2.45) is 4.99 Å². The SMILES string of the molecule is CN=Cc1c(NC(=O)CC(C)c2ccccc2)sc2c1CCN(C(=O)OCC1COC(C)(C)O1)C2. The van der Waals surface area contributed by atoms with Gasteiger partial charge in [-0.1, -0.05) is 37.3 Å². The Hall–Kier alpha value is -2.75. The second kappa shape index (κ2) is 10.9. The van der Waals surface area contributed by atoms with Crippen LogP contribution in [0.4, 0.5) is 9.80 Å². The van der Waals surface area contributed by atoms with E-state index in [1.54, 1.807) is 18.2 Å². The molecule has 2 aliphatic rings. The maximum absolute atomic E-state index is 12.8. The Morgan fingerprint density at radius 1 is 1.34 bits per heavy atom. The Kier molecular flexibility index (Phi) is 7.88. The Morgan fingerprint density at radius 2 is 2.11 bits per heavy atom. The number of nitrogens with one attached hydrogen (secondary N) is 1. The molecule has 2 aromatic rings. The van der Waals surface area contributed by atoms with Crippen LogP contribution in [0.5, 0.6) is 0 Å². The third-order valence-corrected chi connectivity index (χ3v) is 7.34. The molecule has 188 valence electrons. The molecular weight excluding hydrogens is 466 g/mol. The van der Waals surface area contributed by atoms with Crippen molar-refractivity contribution in [1.82, 2.24) is 4.90 Å². The zero-order valence-electron chi connectivity index (χ0n) is 20.7. The van der Waals surface area contributed by atoms with Gasteiger partial charge < -0.3 is 24.4 Å². The van der Waals surface area contributed by atoms with Crippen LogP contribution in [-0.4, -0.2) is 61.8 Å². The molecule has 0 spiro atoms. The van der Waals surface area contributed by atoms with Crippen molar-refractivity contribution in [3.05, 3.63) is 51.9 Å². The van der Waals surface area contributed by atoms with Gasteiger partial charge in [0.15, 0.2) is 5.79 Å². The van der Waals surface area contributed by atoms with Crippen LogP contribution in [0.25, 0.3) is 0 Å². The number of fused-ring (bicyclic) bond motifs is 1. The number of hydrogen-bond donors (Lipinski definition) is 1. The Labute approximate surface area is 210 Å². The lowest BCUT2D eigenvalue weighted by atomic mass is 9.97. The Morgan fingerprint density at radius 3 is 2.80 bits per heavy atom. The van der Waals surface area contributed by atoms with Gasteiger partial charge in [-0.05, 0) is 37.3 Å². The van der Waals surface area contributed by atoms with E-state index in [4.69, 9.17) is 14.2 Å². The lowest BCUT2D eigenvalue weighted by Gasteiger charge is -2.27. The van der Waals surface area contributed by atoms with Crippen molar-refractivity contribution < 1.29 is 23.8 Å². The van der Waals surface area contributed by atoms with Gasteiger partial charge in [0.2, 0.25) is 5.91 Å². The van der Waals surface area contributed by atoms with E-state index in [1.807, 2.05) is 44.2 Å². The highest BCUT2D eigenvalue weighted by Gasteiger charge is 2.34. The highest BCUT2D eigenvalue weighted by atomic mass is 32.1. The van der Waals surface area contributed by atoms with Gasteiger partial charge in [-0.25, -0.2) is 4.79 Å². The summed E-state index contributed by atoms with van der Waals surface area (Å²) in [5.41, 5.74) is 3.20. The topological polar surface area (TPSA) is 89.5 Å². The highest BCUT2D eigenvalue weighted by molar-refractivity contribution is 7.16. The molecule has 4 rings (SSSR count). The zero-order chi connectivity index (χ0) is 25.0. The number of carbonyl (C=O) groups is 2. The van der Waals surface area contributed by atoms with Gasteiger partial charge in [-0.3, -0.25) is 9.79 Å². The lowest BCUT2D eigenvalue weighted by molar-refractivity contribution is -0.143. The monoisotopic (exact) mass is 499 g/mol. The average Bonchev–Trinajstić information content (AvgIpc) is 3.36. The number of thiophene rings is 1. The minimum atomic E-state index is -0.648. The molecule has 1 N–H and O–H groups in total. The number of aliphatic imine (C=N–C) groups is 1. The molecule has 2 aliphatic heterocycles. The maximum atomic E-state index is 12.8. The largest absolute Gasteiger partial charge is 0.447 e. The van der Waals surface area contributed by atoms with E-state index in [-0.39, 0.29) is 30.6 Å². The van der Waals surface area contributed by atoms with Gasteiger partial charge in [-0.2, -0.15) is 0 Å². The summed E-state index contributed by atoms with van der Waals surface area (Å²) >= 11 is 1.50. The van der Waals surface area contributed by atoms with Gasteiger partial charge in [-0.15, -0.1) is 11.3 Å². The van der Waals surface area contributed by atoms with Crippen LogP contribution in [-0.2, 0) is 32.0 Å². The average molecular weight is 500 g/mol. The maximum Gasteiger partial charge on any atom is 0.410 e. The summed E-state index contributed by atoms with van der Waals surface area (Å²) in [6.07, 6.45) is 2.22. The van der Waals surface area contributed by atoms with Crippen LogP contribution in [0.15, 0.2) is 35.3 Å². The molecule has 0 saturated carbocycles. The highest BCUT2D eigenvalue weighted by Crippen LogP contribution is 2.37. The molecule has 1 aromatic heterocycles. The molecule has 0 aliphatic carbocycles. The first kappa shape index (κ1) is 25.3. The van der Waals surface area contributed by atoms with Gasteiger partial charge in [0, 0.05) is 36.7 Å². The standard InChI is InChI=1S/C26H33N3O5S/c1-17(18-8-6-5-7-9-18)12-23(30)28-24-21(13-27-4)20-10-11-29(14-22(20)35-24)25(31)32-15-19-16-33-26(2,3)34-19/h5-9,13,17,19H,10-12,14-16H2,1-4H3,(H,28,30). The van der Waals surface area contributed by atoms with E-state index in [2.05, 4.69) is 17.2 Å². The molecule has 0 radical (unpaired) electrons. The van der Waals surface area contributed by atoms with Gasteiger partial charge >= 0.3 is 6.09 Å². The number of rotatable bonds is 7. The molecule has 8 nitrogen and oxygen atoms in total. The molecule has 9 heteroatoms. The molecule has 35 heavy (non-hydrogen) atoms. The fourth-order valence-corrected chi connectivity index (χ4v) is 5.65. The van der Waals surface area contributed by atoms with Gasteiger partial charge in [0.25, 0.3) is 0 Å². The smallest absolute Gasteiger partial charge is 0.410 e. The van der Waals surface area contributed by atoms with Gasteiger partial charge in [0.1, 0.15) is 17.7 Å². The molecular formula is C26H33N3O5S. The normalized spacial score (nSPS) is 20.0. The van der Waals surface area contributed by atoms with Crippen LogP contribution in [0.3, 0.4) is 0 Å². The van der Waals surface area contributed by atoms with Crippen molar-refractivity contribution in [1.29, 1.82) is 0 Å². The minimum absolute atomic E-state index is 0.0383. The minimum Gasteiger partial charge on any atom is -0.447 e. The van der Waals surface area contributed by atoms with Crippen LogP contribution in [0, 0.1) is 0 Å². The summed E-state index contributed by atoms with van der Waals surface area (Å²) in [5, 5.41) is 3.87. The van der Waals surface area contributed by atoms with Gasteiger partial charge in [0.05, 0.1) is 13.2 Å². The van der Waals surface area contributed by atoms with Crippen molar-refractivity contribution in [2.45, 2.75) is 58.0 Å². The number of ether oxygens (including phenoxy) is 3. The fraction of sp³-hybridized carbons (Fsp3) is 0.500. The fourth-order valence-electron chi connectivity index (χ4n) is 4.40. The van der Waals surface area contributed by atoms with E-state index in [1.165, 1.54) is 11.3 Å².